The molecule has 2 aliphatic heterocycles. The molecule has 9 nitrogen and oxygen atoms in total. The normalized spacial score (nSPS) is 23.1. The number of carbonyl (C=O) groups excluding carboxylic acids is 1. The van der Waals surface area contributed by atoms with Gasteiger partial charge in [-0.15, -0.1) is 0 Å². The first-order chi connectivity index (χ1) is 17.8. The lowest BCUT2D eigenvalue weighted by Crippen LogP contribution is -2.51. The lowest BCUT2D eigenvalue weighted by Gasteiger charge is -2.35. The van der Waals surface area contributed by atoms with Crippen LogP contribution in [0.5, 0.6) is 0 Å². The van der Waals surface area contributed by atoms with E-state index in [0.29, 0.717) is 39.0 Å². The Hall–Kier alpha value is -3.21. The standard InChI is InChI=1S/C27H33F2N3O6/c1-5-30(25(36)38-26(2,3)4)13-27-14-31(11-15(27)8-9-37-27)22-19(28)10-17-21(20(22)29)32(16-6-7-16)12-18(23(17)33)24(34)35/h10,12,15-16H,5-9,11,13-14H2,1-4H3,(H,34,35). The molecule has 1 aromatic carbocycles. The van der Waals surface area contributed by atoms with Crippen molar-refractivity contribution < 1.29 is 33.0 Å². The molecule has 2 unspecified atom stereocenters. The van der Waals surface area contributed by atoms with Crippen molar-refractivity contribution in [2.75, 3.05) is 37.7 Å². The average molecular weight is 534 g/mol. The van der Waals surface area contributed by atoms with E-state index in [1.165, 1.54) is 10.8 Å². The van der Waals surface area contributed by atoms with Gasteiger partial charge in [-0.3, -0.25) is 4.79 Å². The van der Waals surface area contributed by atoms with Gasteiger partial charge >= 0.3 is 12.1 Å². The molecule has 0 spiro atoms. The number of carboxylic acid groups (broad SMARTS) is 1. The Morgan fingerprint density at radius 1 is 1.26 bits per heavy atom. The first-order valence-electron chi connectivity index (χ1n) is 13.0. The monoisotopic (exact) mass is 533 g/mol. The Morgan fingerprint density at radius 3 is 2.58 bits per heavy atom. The van der Waals surface area contributed by atoms with E-state index in [2.05, 4.69) is 0 Å². The summed E-state index contributed by atoms with van der Waals surface area (Å²) in [6.07, 6.45) is 2.78. The Morgan fingerprint density at radius 2 is 1.97 bits per heavy atom. The maximum absolute atomic E-state index is 16.2. The van der Waals surface area contributed by atoms with Crippen LogP contribution in [0.4, 0.5) is 19.3 Å². The van der Waals surface area contributed by atoms with Crippen LogP contribution in [0.3, 0.4) is 0 Å². The highest BCUT2D eigenvalue weighted by Crippen LogP contribution is 2.45. The number of pyridine rings is 1. The van der Waals surface area contributed by atoms with Crippen molar-refractivity contribution >= 4 is 28.7 Å². The number of hydrogen-bond acceptors (Lipinski definition) is 6. The van der Waals surface area contributed by atoms with Gasteiger partial charge < -0.3 is 28.9 Å². The number of rotatable bonds is 6. The molecule has 2 saturated heterocycles. The van der Waals surface area contributed by atoms with E-state index < -0.39 is 45.9 Å². The zero-order chi connectivity index (χ0) is 27.6. The van der Waals surface area contributed by atoms with Gasteiger partial charge in [0.1, 0.15) is 28.3 Å². The molecule has 0 radical (unpaired) electrons. The smallest absolute Gasteiger partial charge is 0.410 e. The van der Waals surface area contributed by atoms with Crippen molar-refractivity contribution in [1.29, 1.82) is 0 Å². The number of ether oxygens (including phenoxy) is 2. The zero-order valence-corrected chi connectivity index (χ0v) is 22.1. The number of aromatic carboxylic acids is 1. The molecule has 1 aliphatic carbocycles. The Labute approximate surface area is 218 Å². The predicted molar refractivity (Wildman–Crippen MR) is 136 cm³/mol. The van der Waals surface area contributed by atoms with E-state index in [1.54, 1.807) is 30.6 Å². The SMILES string of the molecule is CCN(CC12CN(c3c(F)cc4c(=O)c(C(=O)O)cn(C5CC5)c4c3F)CC1CCO2)C(=O)OC(C)(C)C. The highest BCUT2D eigenvalue weighted by atomic mass is 19.1. The number of carbonyl (C=O) groups is 2. The lowest BCUT2D eigenvalue weighted by atomic mass is 9.90. The summed E-state index contributed by atoms with van der Waals surface area (Å²) in [5, 5.41) is 9.18. The van der Waals surface area contributed by atoms with E-state index in [1.807, 2.05) is 6.92 Å². The largest absolute Gasteiger partial charge is 0.477 e. The quantitative estimate of drug-likeness (QED) is 0.595. The maximum Gasteiger partial charge on any atom is 0.410 e. The van der Waals surface area contributed by atoms with E-state index in [-0.39, 0.29) is 41.6 Å². The molecule has 206 valence electrons. The topological polar surface area (TPSA) is 101 Å². The number of fused-ring (bicyclic) bond motifs is 2. The number of likely N-dealkylation sites (N-methyl/N-ethyl adjacent to an activating group) is 1. The third-order valence-corrected chi connectivity index (χ3v) is 7.66. The first kappa shape index (κ1) is 26.4. The molecule has 38 heavy (non-hydrogen) atoms. The van der Waals surface area contributed by atoms with Gasteiger partial charge in [0.25, 0.3) is 0 Å². The summed E-state index contributed by atoms with van der Waals surface area (Å²) in [4.78, 5) is 40.4. The van der Waals surface area contributed by atoms with Crippen molar-refractivity contribution in [2.45, 2.75) is 64.2 Å². The van der Waals surface area contributed by atoms with Gasteiger partial charge in [0.2, 0.25) is 5.43 Å². The molecule has 3 aliphatic rings. The minimum absolute atomic E-state index is 0.0755. The summed E-state index contributed by atoms with van der Waals surface area (Å²) in [5.74, 6) is -3.34. The number of hydrogen-bond donors (Lipinski definition) is 1. The average Bonchev–Trinajstić information content (AvgIpc) is 3.50. The molecule has 1 saturated carbocycles. The summed E-state index contributed by atoms with van der Waals surface area (Å²) in [6.45, 7) is 8.73. The van der Waals surface area contributed by atoms with Gasteiger partial charge in [-0.2, -0.15) is 0 Å². The number of carboxylic acids is 1. The summed E-state index contributed by atoms with van der Waals surface area (Å²) < 4.78 is 44.9. The molecule has 3 heterocycles. The molecule has 5 rings (SSSR count). The second-order valence-corrected chi connectivity index (χ2v) is 11.5. The summed E-state index contributed by atoms with van der Waals surface area (Å²) in [6, 6.07) is 0.797. The molecule has 1 amide bonds. The molecule has 1 N–H and O–H groups in total. The summed E-state index contributed by atoms with van der Waals surface area (Å²) in [7, 11) is 0. The molecule has 0 bridgehead atoms. The first-order valence-corrected chi connectivity index (χ1v) is 13.0. The summed E-state index contributed by atoms with van der Waals surface area (Å²) in [5.41, 5.74) is -3.29. The highest BCUT2D eigenvalue weighted by Gasteiger charge is 2.53. The Kier molecular flexibility index (Phi) is 6.40. The van der Waals surface area contributed by atoms with Gasteiger partial charge in [0, 0.05) is 44.4 Å². The van der Waals surface area contributed by atoms with E-state index >= 15 is 8.78 Å². The molecule has 11 heteroatoms. The molecule has 2 aromatic rings. The summed E-state index contributed by atoms with van der Waals surface area (Å²) >= 11 is 0. The van der Waals surface area contributed by atoms with Gasteiger partial charge in [0.15, 0.2) is 5.82 Å². The number of amides is 1. The molecular weight excluding hydrogens is 500 g/mol. The van der Waals surface area contributed by atoms with Crippen LogP contribution in [-0.2, 0) is 9.47 Å². The van der Waals surface area contributed by atoms with Crippen LogP contribution in [0.15, 0.2) is 17.1 Å². The van der Waals surface area contributed by atoms with Crippen LogP contribution < -0.4 is 10.3 Å². The van der Waals surface area contributed by atoms with Crippen LogP contribution in [0.2, 0.25) is 0 Å². The molecule has 3 fully saturated rings. The highest BCUT2D eigenvalue weighted by molar-refractivity contribution is 5.94. The Bertz CT molecular complexity index is 1370. The van der Waals surface area contributed by atoms with Crippen molar-refractivity contribution in [3.8, 4) is 0 Å². The van der Waals surface area contributed by atoms with Crippen LogP contribution >= 0.6 is 0 Å². The third kappa shape index (κ3) is 4.50. The van der Waals surface area contributed by atoms with Gasteiger partial charge in [0.05, 0.1) is 17.4 Å². The second-order valence-electron chi connectivity index (χ2n) is 11.5. The maximum atomic E-state index is 16.2. The fourth-order valence-electron chi connectivity index (χ4n) is 5.74. The second kappa shape index (κ2) is 9.21. The number of aromatic nitrogens is 1. The Balaban J connectivity index is 1.53. The van der Waals surface area contributed by atoms with Gasteiger partial charge in [-0.25, -0.2) is 18.4 Å². The van der Waals surface area contributed by atoms with Crippen molar-refractivity contribution in [1.82, 2.24) is 9.47 Å². The van der Waals surface area contributed by atoms with Crippen LogP contribution in [0.1, 0.15) is 63.4 Å². The van der Waals surface area contributed by atoms with Crippen molar-refractivity contribution in [3.63, 3.8) is 0 Å². The number of anilines is 1. The predicted octanol–water partition coefficient (Wildman–Crippen LogP) is 4.17. The van der Waals surface area contributed by atoms with Crippen LogP contribution in [0, 0.1) is 17.6 Å². The number of halogens is 2. The minimum atomic E-state index is -1.44. The lowest BCUT2D eigenvalue weighted by molar-refractivity contribution is -0.0330. The fraction of sp³-hybridized carbons (Fsp3) is 0.593. The van der Waals surface area contributed by atoms with E-state index in [0.717, 1.165) is 6.07 Å². The molecule has 2 atom stereocenters. The number of benzene rings is 1. The van der Waals surface area contributed by atoms with E-state index in [4.69, 9.17) is 9.47 Å². The molecular formula is C27H33F2N3O6. The van der Waals surface area contributed by atoms with Crippen molar-refractivity contribution in [3.05, 3.63) is 39.7 Å². The van der Waals surface area contributed by atoms with Gasteiger partial charge in [-0.1, -0.05) is 0 Å². The zero-order valence-electron chi connectivity index (χ0n) is 22.1. The van der Waals surface area contributed by atoms with Crippen molar-refractivity contribution in [2.24, 2.45) is 5.92 Å². The van der Waals surface area contributed by atoms with Crippen LogP contribution in [-0.4, -0.2) is 70.6 Å². The van der Waals surface area contributed by atoms with E-state index in [9.17, 15) is 19.5 Å². The number of nitrogens with zero attached hydrogens (tertiary/aromatic N) is 3. The van der Waals surface area contributed by atoms with Crippen LogP contribution in [0.25, 0.3) is 10.9 Å². The third-order valence-electron chi connectivity index (χ3n) is 7.66. The van der Waals surface area contributed by atoms with Gasteiger partial charge in [-0.05, 0) is 53.0 Å². The fourth-order valence-corrected chi connectivity index (χ4v) is 5.74. The molecule has 1 aromatic heterocycles. The minimum Gasteiger partial charge on any atom is -0.477 e.